The molecule has 1 aromatic rings. The summed E-state index contributed by atoms with van der Waals surface area (Å²) in [6, 6.07) is 5.62. The second-order valence-corrected chi connectivity index (χ2v) is 5.04. The highest BCUT2D eigenvalue weighted by molar-refractivity contribution is 6.31. The number of benzene rings is 1. The molecule has 0 atom stereocenters. The first-order valence-electron chi connectivity index (χ1n) is 6.08. The summed E-state index contributed by atoms with van der Waals surface area (Å²) in [5.41, 5.74) is 7.44. The quantitative estimate of drug-likeness (QED) is 0.828. The van der Waals surface area contributed by atoms with Gasteiger partial charge in [-0.3, -0.25) is 9.69 Å². The van der Waals surface area contributed by atoms with Crippen LogP contribution in [0, 0.1) is 0 Å². The fourth-order valence-corrected chi connectivity index (χ4v) is 2.40. The lowest BCUT2D eigenvalue weighted by Gasteiger charge is -2.34. The highest BCUT2D eigenvalue weighted by Crippen LogP contribution is 2.21. The number of anilines is 1. The summed E-state index contributed by atoms with van der Waals surface area (Å²) in [6.07, 6.45) is 0. The van der Waals surface area contributed by atoms with E-state index < -0.39 is 0 Å². The molecule has 0 spiro atoms. The van der Waals surface area contributed by atoms with Crippen molar-refractivity contribution in [3.8, 4) is 0 Å². The molecule has 0 aromatic heterocycles. The molecule has 0 radical (unpaired) electrons. The first-order valence-corrected chi connectivity index (χ1v) is 6.46. The standard InChI is InChI=1S/C13H18ClN3O/c1-10(18)17-6-4-16(5-7-17)9-11-2-3-12(15)8-13(11)14/h2-3,8H,4-7,9,15H2,1H3. The van der Waals surface area contributed by atoms with Crippen LogP contribution in [0.15, 0.2) is 18.2 Å². The molecule has 1 amide bonds. The first kappa shape index (κ1) is 13.2. The monoisotopic (exact) mass is 267 g/mol. The number of hydrogen-bond acceptors (Lipinski definition) is 3. The summed E-state index contributed by atoms with van der Waals surface area (Å²) >= 11 is 6.16. The van der Waals surface area contributed by atoms with Gasteiger partial charge in [0.05, 0.1) is 0 Å². The SMILES string of the molecule is CC(=O)N1CCN(Cc2ccc(N)cc2Cl)CC1. The Balaban J connectivity index is 1.93. The van der Waals surface area contributed by atoms with E-state index in [-0.39, 0.29) is 5.91 Å². The van der Waals surface area contributed by atoms with Gasteiger partial charge in [0.25, 0.3) is 0 Å². The molecule has 2 rings (SSSR count). The summed E-state index contributed by atoms with van der Waals surface area (Å²) in [6.45, 7) is 5.79. The molecule has 1 aliphatic rings. The molecule has 0 saturated carbocycles. The van der Waals surface area contributed by atoms with Gasteiger partial charge in [-0.15, -0.1) is 0 Å². The number of hydrogen-bond donors (Lipinski definition) is 1. The van der Waals surface area contributed by atoms with Crippen LogP contribution in [0.25, 0.3) is 0 Å². The molecular formula is C13H18ClN3O. The van der Waals surface area contributed by atoms with Crippen LogP contribution in [-0.4, -0.2) is 41.9 Å². The van der Waals surface area contributed by atoms with Crippen molar-refractivity contribution in [3.05, 3.63) is 28.8 Å². The van der Waals surface area contributed by atoms with Gasteiger partial charge in [-0.2, -0.15) is 0 Å². The fraction of sp³-hybridized carbons (Fsp3) is 0.462. The summed E-state index contributed by atoms with van der Waals surface area (Å²) in [7, 11) is 0. The van der Waals surface area contributed by atoms with Crippen LogP contribution in [-0.2, 0) is 11.3 Å². The summed E-state index contributed by atoms with van der Waals surface area (Å²) in [4.78, 5) is 15.4. The lowest BCUT2D eigenvalue weighted by atomic mass is 10.2. The van der Waals surface area contributed by atoms with E-state index >= 15 is 0 Å². The Labute approximate surface area is 112 Å². The molecule has 0 unspecified atom stereocenters. The summed E-state index contributed by atoms with van der Waals surface area (Å²) in [5.74, 6) is 0.153. The van der Waals surface area contributed by atoms with E-state index in [1.165, 1.54) is 0 Å². The van der Waals surface area contributed by atoms with Crippen molar-refractivity contribution in [1.29, 1.82) is 0 Å². The highest BCUT2D eigenvalue weighted by Gasteiger charge is 2.19. The third-order valence-corrected chi connectivity index (χ3v) is 3.64. The van der Waals surface area contributed by atoms with Crippen molar-refractivity contribution in [1.82, 2.24) is 9.80 Å². The zero-order valence-electron chi connectivity index (χ0n) is 10.5. The van der Waals surface area contributed by atoms with E-state index in [9.17, 15) is 4.79 Å². The van der Waals surface area contributed by atoms with Gasteiger partial charge in [-0.1, -0.05) is 17.7 Å². The molecule has 1 heterocycles. The zero-order chi connectivity index (χ0) is 13.1. The Morgan fingerprint density at radius 3 is 2.56 bits per heavy atom. The Bertz CT molecular complexity index is 442. The van der Waals surface area contributed by atoms with Gasteiger partial charge < -0.3 is 10.6 Å². The van der Waals surface area contributed by atoms with Gasteiger partial charge in [0.1, 0.15) is 0 Å². The van der Waals surface area contributed by atoms with E-state index in [1.54, 1.807) is 13.0 Å². The maximum absolute atomic E-state index is 11.2. The molecular weight excluding hydrogens is 250 g/mol. The van der Waals surface area contributed by atoms with Gasteiger partial charge in [-0.05, 0) is 17.7 Å². The third kappa shape index (κ3) is 3.15. The minimum Gasteiger partial charge on any atom is -0.399 e. The van der Waals surface area contributed by atoms with Crippen molar-refractivity contribution in [2.45, 2.75) is 13.5 Å². The topological polar surface area (TPSA) is 49.6 Å². The van der Waals surface area contributed by atoms with Gasteiger partial charge >= 0.3 is 0 Å². The predicted molar refractivity (Wildman–Crippen MR) is 73.4 cm³/mol. The van der Waals surface area contributed by atoms with E-state index in [0.29, 0.717) is 10.7 Å². The minimum absolute atomic E-state index is 0.153. The smallest absolute Gasteiger partial charge is 0.219 e. The van der Waals surface area contributed by atoms with E-state index in [0.717, 1.165) is 38.3 Å². The Hall–Kier alpha value is -1.26. The van der Waals surface area contributed by atoms with Crippen LogP contribution in [0.4, 0.5) is 5.69 Å². The maximum atomic E-state index is 11.2. The van der Waals surface area contributed by atoms with Crippen molar-refractivity contribution >= 4 is 23.2 Å². The zero-order valence-corrected chi connectivity index (χ0v) is 11.3. The third-order valence-electron chi connectivity index (χ3n) is 3.29. The van der Waals surface area contributed by atoms with Crippen molar-refractivity contribution in [3.63, 3.8) is 0 Å². The average molecular weight is 268 g/mol. The number of carbonyl (C=O) groups is 1. The van der Waals surface area contributed by atoms with Crippen LogP contribution >= 0.6 is 11.6 Å². The molecule has 0 bridgehead atoms. The number of nitrogen functional groups attached to an aromatic ring is 1. The molecule has 5 heteroatoms. The summed E-state index contributed by atoms with van der Waals surface area (Å²) in [5, 5.41) is 0.712. The van der Waals surface area contributed by atoms with Gasteiger partial charge in [-0.25, -0.2) is 0 Å². The molecule has 1 aliphatic heterocycles. The van der Waals surface area contributed by atoms with E-state index in [1.807, 2.05) is 17.0 Å². The van der Waals surface area contributed by atoms with E-state index in [4.69, 9.17) is 17.3 Å². The molecule has 0 aliphatic carbocycles. The lowest BCUT2D eigenvalue weighted by molar-refractivity contribution is -0.130. The number of nitrogens with zero attached hydrogens (tertiary/aromatic N) is 2. The van der Waals surface area contributed by atoms with Crippen LogP contribution < -0.4 is 5.73 Å². The normalized spacial score (nSPS) is 16.9. The van der Waals surface area contributed by atoms with Crippen molar-refractivity contribution in [2.24, 2.45) is 0 Å². The minimum atomic E-state index is 0.153. The molecule has 98 valence electrons. The Morgan fingerprint density at radius 1 is 1.33 bits per heavy atom. The van der Waals surface area contributed by atoms with Crippen molar-refractivity contribution < 1.29 is 4.79 Å². The molecule has 1 saturated heterocycles. The number of amides is 1. The molecule has 1 aromatic carbocycles. The van der Waals surface area contributed by atoms with Crippen LogP contribution in [0.5, 0.6) is 0 Å². The Kier molecular flexibility index (Phi) is 4.09. The first-order chi connectivity index (χ1) is 8.56. The van der Waals surface area contributed by atoms with Crippen LogP contribution in [0.1, 0.15) is 12.5 Å². The molecule has 18 heavy (non-hydrogen) atoms. The number of nitrogens with two attached hydrogens (primary N) is 1. The number of carbonyl (C=O) groups excluding carboxylic acids is 1. The second kappa shape index (κ2) is 5.59. The Morgan fingerprint density at radius 2 is 2.00 bits per heavy atom. The summed E-state index contributed by atoms with van der Waals surface area (Å²) < 4.78 is 0. The second-order valence-electron chi connectivity index (χ2n) is 4.63. The van der Waals surface area contributed by atoms with E-state index in [2.05, 4.69) is 4.90 Å². The van der Waals surface area contributed by atoms with Crippen LogP contribution in [0.2, 0.25) is 5.02 Å². The number of halogens is 1. The van der Waals surface area contributed by atoms with Gasteiger partial charge in [0.15, 0.2) is 0 Å². The number of piperazine rings is 1. The van der Waals surface area contributed by atoms with Crippen molar-refractivity contribution in [2.75, 3.05) is 31.9 Å². The highest BCUT2D eigenvalue weighted by atomic mass is 35.5. The van der Waals surface area contributed by atoms with Crippen LogP contribution in [0.3, 0.4) is 0 Å². The predicted octanol–water partition coefficient (Wildman–Crippen LogP) is 1.59. The van der Waals surface area contributed by atoms with Gasteiger partial charge in [0, 0.05) is 50.4 Å². The average Bonchev–Trinajstić information content (AvgIpc) is 2.33. The molecule has 4 nitrogen and oxygen atoms in total. The van der Waals surface area contributed by atoms with Gasteiger partial charge in [0.2, 0.25) is 5.91 Å². The molecule has 2 N–H and O–H groups in total. The lowest BCUT2D eigenvalue weighted by Crippen LogP contribution is -2.47. The molecule has 1 fully saturated rings. The largest absolute Gasteiger partial charge is 0.399 e. The maximum Gasteiger partial charge on any atom is 0.219 e. The fourth-order valence-electron chi connectivity index (χ4n) is 2.15. The number of rotatable bonds is 2.